The highest BCUT2D eigenvalue weighted by Gasteiger charge is 2.17. The molecule has 0 amide bonds. The molecule has 0 bridgehead atoms. The molecule has 0 aliphatic carbocycles. The van der Waals surface area contributed by atoms with Gasteiger partial charge in [0, 0.05) is 25.8 Å². The van der Waals surface area contributed by atoms with Gasteiger partial charge in [-0.3, -0.25) is 0 Å². The Morgan fingerprint density at radius 2 is 2.26 bits per heavy atom. The third-order valence-corrected chi connectivity index (χ3v) is 2.49. The average molecular weight is 271 g/mol. The molecule has 5 nitrogen and oxygen atoms in total. The maximum absolute atomic E-state index is 13.7. The summed E-state index contributed by atoms with van der Waals surface area (Å²) < 4.78 is 23.7. The van der Waals surface area contributed by atoms with Crippen LogP contribution in [0.4, 0.5) is 4.39 Å². The first kappa shape index (κ1) is 15.4. The second-order valence-corrected chi connectivity index (χ2v) is 4.00. The van der Waals surface area contributed by atoms with E-state index in [1.807, 2.05) is 0 Å². The molecule has 2 N–H and O–H groups in total. The molecular weight excluding hydrogens is 253 g/mol. The number of carboxylic acids is 1. The van der Waals surface area contributed by atoms with Gasteiger partial charge in [-0.25, -0.2) is 9.18 Å². The fourth-order valence-electron chi connectivity index (χ4n) is 1.45. The summed E-state index contributed by atoms with van der Waals surface area (Å²) in [5.74, 6) is -1.73. The van der Waals surface area contributed by atoms with Gasteiger partial charge in [-0.1, -0.05) is 12.1 Å². The fraction of sp³-hybridized carbons (Fsp3) is 0.462. The second kappa shape index (κ2) is 7.70. The summed E-state index contributed by atoms with van der Waals surface area (Å²) >= 11 is 0. The van der Waals surface area contributed by atoms with Crippen LogP contribution < -0.4 is 10.1 Å². The summed E-state index contributed by atoms with van der Waals surface area (Å²) in [5.41, 5.74) is 0.573. The van der Waals surface area contributed by atoms with E-state index < -0.39 is 17.9 Å². The second-order valence-electron chi connectivity index (χ2n) is 4.00. The standard InChI is InChI=1S/C13H18FNO4/c1-9(13(16)17)19-12-10(4-3-5-11(12)14)8-15-6-7-18-2/h3-5,9,15H,6-8H2,1-2H3,(H,16,17). The van der Waals surface area contributed by atoms with Gasteiger partial charge in [-0.05, 0) is 13.0 Å². The van der Waals surface area contributed by atoms with Crippen LogP contribution in [-0.2, 0) is 16.1 Å². The molecule has 1 unspecified atom stereocenters. The van der Waals surface area contributed by atoms with E-state index in [9.17, 15) is 9.18 Å². The summed E-state index contributed by atoms with van der Waals surface area (Å²) in [4.78, 5) is 10.7. The van der Waals surface area contributed by atoms with Gasteiger partial charge < -0.3 is 19.9 Å². The predicted octanol–water partition coefficient (Wildman–Crippen LogP) is 1.41. The molecule has 1 atom stereocenters. The lowest BCUT2D eigenvalue weighted by molar-refractivity contribution is -0.144. The predicted molar refractivity (Wildman–Crippen MR) is 67.7 cm³/mol. The van der Waals surface area contributed by atoms with E-state index in [0.29, 0.717) is 25.3 Å². The molecule has 6 heteroatoms. The number of para-hydroxylation sites is 1. The van der Waals surface area contributed by atoms with Crippen molar-refractivity contribution in [3.05, 3.63) is 29.6 Å². The Hall–Kier alpha value is -1.66. The van der Waals surface area contributed by atoms with Crippen molar-refractivity contribution in [3.63, 3.8) is 0 Å². The minimum Gasteiger partial charge on any atom is -0.479 e. The zero-order valence-electron chi connectivity index (χ0n) is 11.0. The van der Waals surface area contributed by atoms with Crippen LogP contribution in [-0.4, -0.2) is 37.4 Å². The number of hydrogen-bond acceptors (Lipinski definition) is 4. The maximum Gasteiger partial charge on any atom is 0.344 e. The normalized spacial score (nSPS) is 12.2. The van der Waals surface area contributed by atoms with Crippen molar-refractivity contribution in [1.29, 1.82) is 0 Å². The highest BCUT2D eigenvalue weighted by atomic mass is 19.1. The lowest BCUT2D eigenvalue weighted by Crippen LogP contribution is -2.25. The number of ether oxygens (including phenoxy) is 2. The SMILES string of the molecule is COCCNCc1cccc(F)c1OC(C)C(=O)O. The highest BCUT2D eigenvalue weighted by molar-refractivity contribution is 5.72. The van der Waals surface area contributed by atoms with Crippen LogP contribution in [0.25, 0.3) is 0 Å². The Morgan fingerprint density at radius 1 is 1.53 bits per heavy atom. The van der Waals surface area contributed by atoms with Crippen LogP contribution in [0.3, 0.4) is 0 Å². The van der Waals surface area contributed by atoms with E-state index in [0.717, 1.165) is 0 Å². The molecular formula is C13H18FNO4. The van der Waals surface area contributed by atoms with E-state index in [2.05, 4.69) is 5.32 Å². The molecule has 1 rings (SSSR count). The topological polar surface area (TPSA) is 67.8 Å². The third-order valence-electron chi connectivity index (χ3n) is 2.49. The molecule has 0 saturated carbocycles. The van der Waals surface area contributed by atoms with E-state index in [1.165, 1.54) is 13.0 Å². The molecule has 1 aromatic carbocycles. The summed E-state index contributed by atoms with van der Waals surface area (Å²) in [6, 6.07) is 4.48. The molecule has 0 saturated heterocycles. The van der Waals surface area contributed by atoms with Crippen LogP contribution in [0.15, 0.2) is 18.2 Å². The summed E-state index contributed by atoms with van der Waals surface area (Å²) in [7, 11) is 1.59. The molecule has 0 spiro atoms. The molecule has 19 heavy (non-hydrogen) atoms. The third kappa shape index (κ3) is 4.84. The van der Waals surface area contributed by atoms with Gasteiger partial charge in [0.25, 0.3) is 0 Å². The molecule has 0 fully saturated rings. The monoisotopic (exact) mass is 271 g/mol. The van der Waals surface area contributed by atoms with Gasteiger partial charge in [0.2, 0.25) is 0 Å². The number of carboxylic acid groups (broad SMARTS) is 1. The average Bonchev–Trinajstić information content (AvgIpc) is 2.38. The zero-order chi connectivity index (χ0) is 14.3. The van der Waals surface area contributed by atoms with E-state index in [-0.39, 0.29) is 5.75 Å². The van der Waals surface area contributed by atoms with Crippen LogP contribution in [0.2, 0.25) is 0 Å². The van der Waals surface area contributed by atoms with Crippen molar-refractivity contribution in [2.24, 2.45) is 0 Å². The van der Waals surface area contributed by atoms with Gasteiger partial charge in [0.1, 0.15) is 0 Å². The first-order chi connectivity index (χ1) is 9.06. The fourth-order valence-corrected chi connectivity index (χ4v) is 1.45. The van der Waals surface area contributed by atoms with Crippen molar-refractivity contribution in [1.82, 2.24) is 5.32 Å². The molecule has 106 valence electrons. The number of rotatable bonds is 8. The Labute approximate surface area is 111 Å². The van der Waals surface area contributed by atoms with Gasteiger partial charge in [0.05, 0.1) is 6.61 Å². The van der Waals surface area contributed by atoms with Crippen molar-refractivity contribution in [2.75, 3.05) is 20.3 Å². The van der Waals surface area contributed by atoms with Crippen molar-refractivity contribution in [3.8, 4) is 5.75 Å². The van der Waals surface area contributed by atoms with Gasteiger partial charge >= 0.3 is 5.97 Å². The minimum absolute atomic E-state index is 0.0256. The first-order valence-electron chi connectivity index (χ1n) is 5.92. The summed E-state index contributed by atoms with van der Waals surface area (Å²) in [5, 5.41) is 11.8. The Morgan fingerprint density at radius 3 is 2.89 bits per heavy atom. The number of hydrogen-bond donors (Lipinski definition) is 2. The molecule has 0 aromatic heterocycles. The van der Waals surface area contributed by atoms with Crippen LogP contribution >= 0.6 is 0 Å². The van der Waals surface area contributed by atoms with Crippen molar-refractivity contribution >= 4 is 5.97 Å². The van der Waals surface area contributed by atoms with Crippen LogP contribution in [0.1, 0.15) is 12.5 Å². The Bertz CT molecular complexity index is 425. The van der Waals surface area contributed by atoms with E-state index in [1.54, 1.807) is 19.2 Å². The van der Waals surface area contributed by atoms with E-state index >= 15 is 0 Å². The minimum atomic E-state index is -1.14. The zero-order valence-corrected chi connectivity index (χ0v) is 11.0. The number of carbonyl (C=O) groups is 1. The van der Waals surface area contributed by atoms with Gasteiger partial charge in [0.15, 0.2) is 17.7 Å². The van der Waals surface area contributed by atoms with Gasteiger partial charge in [-0.15, -0.1) is 0 Å². The van der Waals surface area contributed by atoms with Crippen LogP contribution in [0.5, 0.6) is 5.75 Å². The molecule has 1 aromatic rings. The number of halogens is 1. The largest absolute Gasteiger partial charge is 0.479 e. The summed E-state index contributed by atoms with van der Waals surface area (Å²) in [6.07, 6.45) is -1.10. The number of aliphatic carboxylic acids is 1. The molecule has 0 heterocycles. The van der Waals surface area contributed by atoms with Crippen molar-refractivity contribution in [2.45, 2.75) is 19.6 Å². The van der Waals surface area contributed by atoms with E-state index in [4.69, 9.17) is 14.6 Å². The Kier molecular flexibility index (Phi) is 6.24. The van der Waals surface area contributed by atoms with Crippen molar-refractivity contribution < 1.29 is 23.8 Å². The lowest BCUT2D eigenvalue weighted by atomic mass is 10.2. The molecule has 0 radical (unpaired) electrons. The summed E-state index contributed by atoms with van der Waals surface area (Å²) in [6.45, 7) is 2.89. The van der Waals surface area contributed by atoms with Gasteiger partial charge in [-0.2, -0.15) is 0 Å². The smallest absolute Gasteiger partial charge is 0.344 e. The maximum atomic E-state index is 13.7. The lowest BCUT2D eigenvalue weighted by Gasteiger charge is -2.15. The quantitative estimate of drug-likeness (QED) is 0.700. The first-order valence-corrected chi connectivity index (χ1v) is 5.92. The number of methoxy groups -OCH3 is 1. The molecule has 0 aliphatic heterocycles. The number of benzene rings is 1. The highest BCUT2D eigenvalue weighted by Crippen LogP contribution is 2.23. The number of nitrogens with one attached hydrogen (secondary N) is 1. The Balaban J connectivity index is 2.74. The molecule has 0 aliphatic rings. The van der Waals surface area contributed by atoms with Crippen LogP contribution in [0, 0.1) is 5.82 Å².